The zero-order valence-corrected chi connectivity index (χ0v) is 24.8. The molecule has 0 saturated carbocycles. The van der Waals surface area contributed by atoms with Crippen LogP contribution in [0.2, 0.25) is 0 Å². The number of hydrogen-bond acceptors (Lipinski definition) is 4. The lowest BCUT2D eigenvalue weighted by molar-refractivity contribution is -0.139. The summed E-state index contributed by atoms with van der Waals surface area (Å²) in [6, 6.07) is 40.2. The van der Waals surface area contributed by atoms with Gasteiger partial charge in [-0.15, -0.1) is 0 Å². The average molecular weight is 596 g/mol. The van der Waals surface area contributed by atoms with Gasteiger partial charge in [0.05, 0.1) is 6.04 Å². The van der Waals surface area contributed by atoms with Crippen LogP contribution in [0.25, 0.3) is 11.1 Å². The van der Waals surface area contributed by atoms with Gasteiger partial charge >= 0.3 is 12.1 Å². The third-order valence-corrected chi connectivity index (χ3v) is 8.86. The minimum Gasteiger partial charge on any atom is -0.482 e. The molecule has 6 heteroatoms. The second-order valence-electron chi connectivity index (χ2n) is 11.6. The Hall–Kier alpha value is -5.36. The number of carboxylic acids is 1. The fraction of sp³-hybridized carbons (Fsp3) is 0.179. The molecule has 0 heterocycles. The molecule has 0 fully saturated rings. The number of benzene rings is 5. The van der Waals surface area contributed by atoms with Gasteiger partial charge in [-0.05, 0) is 75.0 Å². The highest BCUT2D eigenvalue weighted by atomic mass is 16.6. The smallest absolute Gasteiger partial charge is 0.410 e. The van der Waals surface area contributed by atoms with Crippen molar-refractivity contribution >= 4 is 12.1 Å². The lowest BCUT2D eigenvalue weighted by atomic mass is 9.93. The van der Waals surface area contributed by atoms with Crippen LogP contribution < -0.4 is 4.74 Å². The van der Waals surface area contributed by atoms with Crippen LogP contribution in [0, 0.1) is 0 Å². The van der Waals surface area contributed by atoms with Crippen LogP contribution >= 0.6 is 0 Å². The number of nitrogens with zero attached hydrogens (tertiary/aromatic N) is 1. The Bertz CT molecular complexity index is 1820. The standard InChI is InChI=1S/C39H33NO5/c41-37(42)25-44-29-20-21-31-28(22-29)19-18-27-12-4-5-13-30(27)38(31)40(23-26-10-2-1-3-11-26)39(43)45-24-36-34-16-8-6-14-32(34)33-15-7-9-17-35(33)36/h1-17,20-22,36,38H,18-19,23-25H2,(H,41,42). The Balaban J connectivity index is 1.26. The summed E-state index contributed by atoms with van der Waals surface area (Å²) in [5.41, 5.74) is 9.91. The molecule has 45 heavy (non-hydrogen) atoms. The van der Waals surface area contributed by atoms with Crippen LogP contribution in [0.3, 0.4) is 0 Å². The third kappa shape index (κ3) is 5.67. The molecule has 7 rings (SSSR count). The Kier molecular flexibility index (Phi) is 7.78. The molecule has 0 spiro atoms. The molecule has 0 radical (unpaired) electrons. The van der Waals surface area contributed by atoms with E-state index in [-0.39, 0.29) is 18.6 Å². The van der Waals surface area contributed by atoms with Crippen LogP contribution in [0.15, 0.2) is 121 Å². The zero-order valence-electron chi connectivity index (χ0n) is 24.8. The first-order valence-corrected chi connectivity index (χ1v) is 15.3. The monoisotopic (exact) mass is 595 g/mol. The Morgan fingerprint density at radius 2 is 1.29 bits per heavy atom. The molecule has 0 bridgehead atoms. The summed E-state index contributed by atoms with van der Waals surface area (Å²) < 4.78 is 11.8. The van der Waals surface area contributed by atoms with Gasteiger partial charge in [-0.1, -0.05) is 109 Å². The van der Waals surface area contributed by atoms with Crippen molar-refractivity contribution in [2.45, 2.75) is 31.3 Å². The second-order valence-corrected chi connectivity index (χ2v) is 11.6. The summed E-state index contributed by atoms with van der Waals surface area (Å²) in [5, 5.41) is 9.15. The maximum absolute atomic E-state index is 14.4. The third-order valence-electron chi connectivity index (χ3n) is 8.86. The molecular weight excluding hydrogens is 562 g/mol. The molecule has 6 nitrogen and oxygen atoms in total. The van der Waals surface area contributed by atoms with E-state index in [1.54, 1.807) is 6.07 Å². The highest BCUT2D eigenvalue weighted by Crippen LogP contribution is 2.45. The quantitative estimate of drug-likeness (QED) is 0.198. The number of carboxylic acid groups (broad SMARTS) is 1. The van der Waals surface area contributed by atoms with E-state index in [0.717, 1.165) is 40.7 Å². The van der Waals surface area contributed by atoms with E-state index in [1.165, 1.54) is 22.3 Å². The van der Waals surface area contributed by atoms with Crippen molar-refractivity contribution in [1.82, 2.24) is 4.90 Å². The topological polar surface area (TPSA) is 76.1 Å². The van der Waals surface area contributed by atoms with E-state index in [2.05, 4.69) is 36.4 Å². The predicted octanol–water partition coefficient (Wildman–Crippen LogP) is 7.79. The van der Waals surface area contributed by atoms with Gasteiger partial charge in [0.1, 0.15) is 12.4 Å². The van der Waals surface area contributed by atoms with Gasteiger partial charge in [-0.2, -0.15) is 0 Å². The van der Waals surface area contributed by atoms with Crippen molar-refractivity contribution in [3.05, 3.63) is 160 Å². The van der Waals surface area contributed by atoms with Crippen LogP contribution in [-0.4, -0.2) is 35.3 Å². The minimum atomic E-state index is -1.03. The largest absolute Gasteiger partial charge is 0.482 e. The second kappa shape index (κ2) is 12.3. The van der Waals surface area contributed by atoms with Crippen molar-refractivity contribution < 1.29 is 24.2 Å². The van der Waals surface area contributed by atoms with Crippen molar-refractivity contribution in [2.75, 3.05) is 13.2 Å². The predicted molar refractivity (Wildman–Crippen MR) is 172 cm³/mol. The van der Waals surface area contributed by atoms with Crippen LogP contribution in [0.4, 0.5) is 4.79 Å². The van der Waals surface area contributed by atoms with Gasteiger partial charge < -0.3 is 14.6 Å². The van der Waals surface area contributed by atoms with E-state index >= 15 is 0 Å². The molecule has 0 saturated heterocycles. The van der Waals surface area contributed by atoms with Crippen molar-refractivity contribution in [3.63, 3.8) is 0 Å². The maximum Gasteiger partial charge on any atom is 0.410 e. The molecule has 0 aromatic heterocycles. The Morgan fingerprint density at radius 1 is 0.689 bits per heavy atom. The summed E-state index contributed by atoms with van der Waals surface area (Å²) in [5.74, 6) is -0.585. The molecule has 2 aliphatic rings. The number of aryl methyl sites for hydroxylation is 2. The lowest BCUT2D eigenvalue weighted by Crippen LogP contribution is -2.36. The van der Waals surface area contributed by atoms with Crippen LogP contribution in [-0.2, 0) is 28.9 Å². The highest BCUT2D eigenvalue weighted by Gasteiger charge is 2.35. The van der Waals surface area contributed by atoms with Crippen molar-refractivity contribution in [3.8, 4) is 16.9 Å². The number of aliphatic carboxylic acids is 1. The minimum absolute atomic E-state index is 0.0532. The number of fused-ring (bicyclic) bond motifs is 5. The Labute approximate surface area is 262 Å². The average Bonchev–Trinajstić information content (AvgIpc) is 3.30. The summed E-state index contributed by atoms with van der Waals surface area (Å²) in [4.78, 5) is 27.4. The molecular formula is C39H33NO5. The summed E-state index contributed by atoms with van der Waals surface area (Å²) in [6.45, 7) is 0.164. The number of rotatable bonds is 8. The molecule has 0 aliphatic heterocycles. The van der Waals surface area contributed by atoms with Gasteiger partial charge in [0, 0.05) is 12.5 Å². The molecule has 1 amide bonds. The SMILES string of the molecule is O=C(O)COc1ccc2c(c1)CCc1ccccc1C2N(Cc1ccccc1)C(=O)OCC1c2ccccc2-c2ccccc21. The zero-order chi connectivity index (χ0) is 30.8. The Morgan fingerprint density at radius 3 is 2.00 bits per heavy atom. The number of hydrogen-bond donors (Lipinski definition) is 1. The van der Waals surface area contributed by atoms with Crippen molar-refractivity contribution in [2.24, 2.45) is 0 Å². The number of ether oxygens (including phenoxy) is 2. The fourth-order valence-corrected chi connectivity index (χ4v) is 6.82. The molecule has 5 aromatic carbocycles. The fourth-order valence-electron chi connectivity index (χ4n) is 6.82. The van der Waals surface area contributed by atoms with Gasteiger partial charge in [0.2, 0.25) is 0 Å². The molecule has 1 atom stereocenters. The van der Waals surface area contributed by atoms with Crippen LogP contribution in [0.5, 0.6) is 5.75 Å². The normalized spacial score (nSPS) is 14.7. The first-order valence-electron chi connectivity index (χ1n) is 15.3. The molecule has 224 valence electrons. The molecule has 2 aliphatic carbocycles. The van der Waals surface area contributed by atoms with Gasteiger partial charge in [-0.3, -0.25) is 4.90 Å². The number of carbonyl (C=O) groups is 2. The van der Waals surface area contributed by atoms with Crippen molar-refractivity contribution in [1.29, 1.82) is 0 Å². The highest BCUT2D eigenvalue weighted by molar-refractivity contribution is 5.79. The van der Waals surface area contributed by atoms with E-state index in [0.29, 0.717) is 12.3 Å². The van der Waals surface area contributed by atoms with E-state index < -0.39 is 18.6 Å². The first kappa shape index (κ1) is 28.4. The summed E-state index contributed by atoms with van der Waals surface area (Å²) in [6.07, 6.45) is 1.13. The molecule has 5 aromatic rings. The summed E-state index contributed by atoms with van der Waals surface area (Å²) in [7, 11) is 0. The maximum atomic E-state index is 14.4. The molecule has 1 N–H and O–H groups in total. The molecule has 1 unspecified atom stereocenters. The van der Waals surface area contributed by atoms with Gasteiger partial charge in [0.25, 0.3) is 0 Å². The van der Waals surface area contributed by atoms with Gasteiger partial charge in [-0.25, -0.2) is 9.59 Å². The number of amides is 1. The summed E-state index contributed by atoms with van der Waals surface area (Å²) >= 11 is 0. The van der Waals surface area contributed by atoms with Gasteiger partial charge in [0.15, 0.2) is 6.61 Å². The van der Waals surface area contributed by atoms with Crippen LogP contribution in [0.1, 0.15) is 50.9 Å². The first-order chi connectivity index (χ1) is 22.1. The van der Waals surface area contributed by atoms with E-state index in [4.69, 9.17) is 14.6 Å². The van der Waals surface area contributed by atoms with E-state index in [1.807, 2.05) is 83.8 Å². The number of carbonyl (C=O) groups excluding carboxylic acids is 1. The van der Waals surface area contributed by atoms with E-state index in [9.17, 15) is 9.59 Å². The lowest BCUT2D eigenvalue weighted by Gasteiger charge is -2.33.